The zero-order valence-corrected chi connectivity index (χ0v) is 11.2. The molecule has 0 radical (unpaired) electrons. The van der Waals surface area contributed by atoms with Crippen LogP contribution in [0.1, 0.15) is 17.7 Å². The lowest BCUT2D eigenvalue weighted by Crippen LogP contribution is -2.29. The van der Waals surface area contributed by atoms with Gasteiger partial charge in [-0.25, -0.2) is 9.18 Å². The smallest absolute Gasteiger partial charge is 0.319 e. The highest BCUT2D eigenvalue weighted by Gasteiger charge is 2.03. The first kappa shape index (κ1) is 14.0. The predicted octanol–water partition coefficient (Wildman–Crippen LogP) is 2.61. The number of hydrogen-bond donors (Lipinski definition) is 3. The average molecular weight is 276 g/mol. The Kier molecular flexibility index (Phi) is 4.70. The number of nitrogens with one attached hydrogen (secondary N) is 3. The van der Waals surface area contributed by atoms with Crippen LogP contribution in [0.3, 0.4) is 0 Å². The molecule has 6 heteroatoms. The Morgan fingerprint density at radius 3 is 3.00 bits per heavy atom. The molecule has 0 unspecified atom stereocenters. The van der Waals surface area contributed by atoms with Crippen molar-refractivity contribution in [3.8, 4) is 0 Å². The van der Waals surface area contributed by atoms with Crippen molar-refractivity contribution >= 4 is 11.7 Å². The topological polar surface area (TPSA) is 69.8 Å². The summed E-state index contributed by atoms with van der Waals surface area (Å²) in [5.74, 6) is -0.377. The second kappa shape index (κ2) is 6.70. The van der Waals surface area contributed by atoms with Crippen LogP contribution in [0.4, 0.5) is 14.9 Å². The van der Waals surface area contributed by atoms with Gasteiger partial charge in [0, 0.05) is 17.9 Å². The summed E-state index contributed by atoms with van der Waals surface area (Å²) in [5, 5.41) is 12.1. The number of amides is 2. The Bertz CT molecular complexity index is 582. The lowest BCUT2D eigenvalue weighted by molar-refractivity contribution is 0.252. The Labute approximate surface area is 116 Å². The molecule has 1 heterocycles. The number of anilines is 1. The number of aromatic nitrogens is 2. The van der Waals surface area contributed by atoms with E-state index < -0.39 is 0 Å². The standard InChI is InChI=1S/C14H17FN4O/c1-10-11(9-17-19-10)4-3-7-16-14(20)18-13-6-2-5-12(15)8-13/h2,5-6,8-9H,3-4,7H2,1H3,(H,17,19)(H2,16,18,20). The van der Waals surface area contributed by atoms with Crippen molar-refractivity contribution in [3.05, 3.63) is 47.5 Å². The monoisotopic (exact) mass is 276 g/mol. The van der Waals surface area contributed by atoms with Gasteiger partial charge in [0.25, 0.3) is 0 Å². The van der Waals surface area contributed by atoms with Gasteiger partial charge in [0.1, 0.15) is 5.82 Å². The van der Waals surface area contributed by atoms with Crippen LogP contribution < -0.4 is 10.6 Å². The third-order valence-corrected chi connectivity index (χ3v) is 2.93. The van der Waals surface area contributed by atoms with Crippen molar-refractivity contribution in [1.82, 2.24) is 15.5 Å². The summed E-state index contributed by atoms with van der Waals surface area (Å²) in [5.41, 5.74) is 2.64. The highest BCUT2D eigenvalue weighted by molar-refractivity contribution is 5.89. The van der Waals surface area contributed by atoms with Crippen molar-refractivity contribution < 1.29 is 9.18 Å². The van der Waals surface area contributed by atoms with Crippen LogP contribution in [0, 0.1) is 12.7 Å². The van der Waals surface area contributed by atoms with E-state index in [2.05, 4.69) is 20.8 Å². The van der Waals surface area contributed by atoms with E-state index in [0.29, 0.717) is 12.2 Å². The van der Waals surface area contributed by atoms with Gasteiger partial charge >= 0.3 is 6.03 Å². The van der Waals surface area contributed by atoms with Crippen LogP contribution in [0.15, 0.2) is 30.5 Å². The number of rotatable bonds is 5. The summed E-state index contributed by atoms with van der Waals surface area (Å²) in [7, 11) is 0. The lowest BCUT2D eigenvalue weighted by atomic mass is 10.1. The third kappa shape index (κ3) is 4.08. The number of aromatic amines is 1. The fraction of sp³-hybridized carbons (Fsp3) is 0.286. The number of halogens is 1. The number of urea groups is 1. The van der Waals surface area contributed by atoms with E-state index in [1.807, 2.05) is 6.92 Å². The average Bonchev–Trinajstić information content (AvgIpc) is 2.80. The highest BCUT2D eigenvalue weighted by atomic mass is 19.1. The van der Waals surface area contributed by atoms with E-state index in [-0.39, 0.29) is 11.8 Å². The first-order valence-electron chi connectivity index (χ1n) is 6.44. The molecule has 1 aromatic heterocycles. The van der Waals surface area contributed by atoms with Crippen molar-refractivity contribution in [2.75, 3.05) is 11.9 Å². The molecule has 0 saturated heterocycles. The van der Waals surface area contributed by atoms with E-state index in [0.717, 1.165) is 24.1 Å². The molecule has 5 nitrogen and oxygen atoms in total. The lowest BCUT2D eigenvalue weighted by Gasteiger charge is -2.07. The number of hydrogen-bond acceptors (Lipinski definition) is 2. The van der Waals surface area contributed by atoms with Crippen molar-refractivity contribution in [3.63, 3.8) is 0 Å². The first-order valence-corrected chi connectivity index (χ1v) is 6.44. The molecule has 0 atom stereocenters. The molecule has 0 aliphatic carbocycles. The molecule has 2 rings (SSSR count). The van der Waals surface area contributed by atoms with Crippen LogP contribution in [-0.4, -0.2) is 22.8 Å². The molecule has 3 N–H and O–H groups in total. The summed E-state index contributed by atoms with van der Waals surface area (Å²) < 4.78 is 12.9. The molecular weight excluding hydrogens is 259 g/mol. The van der Waals surface area contributed by atoms with Crippen molar-refractivity contribution in [2.24, 2.45) is 0 Å². The summed E-state index contributed by atoms with van der Waals surface area (Å²) in [4.78, 5) is 11.6. The van der Waals surface area contributed by atoms with Crippen LogP contribution in [0.2, 0.25) is 0 Å². The molecule has 0 fully saturated rings. The third-order valence-electron chi connectivity index (χ3n) is 2.93. The van der Waals surface area contributed by atoms with Crippen LogP contribution in [0.25, 0.3) is 0 Å². The second-order valence-corrected chi connectivity index (χ2v) is 4.52. The number of nitrogens with zero attached hydrogens (tertiary/aromatic N) is 1. The van der Waals surface area contributed by atoms with Crippen LogP contribution >= 0.6 is 0 Å². The Balaban J connectivity index is 1.69. The number of carbonyl (C=O) groups excluding carboxylic acids is 1. The quantitative estimate of drug-likeness (QED) is 0.735. The number of aryl methyl sites for hydroxylation is 2. The number of H-pyrrole nitrogens is 1. The molecule has 0 aliphatic heterocycles. The van der Waals surface area contributed by atoms with Gasteiger partial charge in [-0.15, -0.1) is 0 Å². The fourth-order valence-electron chi connectivity index (χ4n) is 1.85. The minimum absolute atomic E-state index is 0.334. The van der Waals surface area contributed by atoms with Gasteiger partial charge in [0.15, 0.2) is 0 Å². The molecule has 0 spiro atoms. The van der Waals surface area contributed by atoms with Gasteiger partial charge in [0.2, 0.25) is 0 Å². The summed E-state index contributed by atoms with van der Waals surface area (Å²) in [6.45, 7) is 2.51. The zero-order valence-electron chi connectivity index (χ0n) is 11.2. The van der Waals surface area contributed by atoms with Gasteiger partial charge in [0.05, 0.1) is 6.20 Å². The first-order chi connectivity index (χ1) is 9.65. The molecule has 0 aliphatic rings. The van der Waals surface area contributed by atoms with Gasteiger partial charge < -0.3 is 10.6 Å². The fourth-order valence-corrected chi connectivity index (χ4v) is 1.85. The molecule has 20 heavy (non-hydrogen) atoms. The highest BCUT2D eigenvalue weighted by Crippen LogP contribution is 2.08. The predicted molar refractivity (Wildman–Crippen MR) is 75.1 cm³/mol. The van der Waals surface area contributed by atoms with Crippen LogP contribution in [0.5, 0.6) is 0 Å². The molecular formula is C14H17FN4O. The van der Waals surface area contributed by atoms with E-state index in [4.69, 9.17) is 0 Å². The van der Waals surface area contributed by atoms with Gasteiger partial charge in [-0.05, 0) is 43.5 Å². The van der Waals surface area contributed by atoms with E-state index in [9.17, 15) is 9.18 Å². The summed E-state index contributed by atoms with van der Waals surface area (Å²) in [6, 6.07) is 5.45. The zero-order chi connectivity index (χ0) is 14.4. The maximum absolute atomic E-state index is 12.9. The molecule has 106 valence electrons. The second-order valence-electron chi connectivity index (χ2n) is 4.52. The Hall–Kier alpha value is -2.37. The molecule has 2 aromatic rings. The SMILES string of the molecule is Cc1[nH]ncc1CCCNC(=O)Nc1cccc(F)c1. The normalized spacial score (nSPS) is 10.3. The Morgan fingerprint density at radius 1 is 1.45 bits per heavy atom. The van der Waals surface area contributed by atoms with Gasteiger partial charge in [-0.3, -0.25) is 5.10 Å². The maximum atomic E-state index is 12.9. The molecule has 0 saturated carbocycles. The largest absolute Gasteiger partial charge is 0.338 e. The minimum atomic E-state index is -0.377. The molecule has 0 bridgehead atoms. The number of benzene rings is 1. The van der Waals surface area contributed by atoms with E-state index >= 15 is 0 Å². The van der Waals surface area contributed by atoms with Gasteiger partial charge in [-0.2, -0.15) is 5.10 Å². The molecule has 2 amide bonds. The van der Waals surface area contributed by atoms with Gasteiger partial charge in [-0.1, -0.05) is 6.07 Å². The Morgan fingerprint density at radius 2 is 2.30 bits per heavy atom. The minimum Gasteiger partial charge on any atom is -0.338 e. The van der Waals surface area contributed by atoms with E-state index in [1.165, 1.54) is 12.1 Å². The van der Waals surface area contributed by atoms with Crippen LogP contribution in [-0.2, 0) is 6.42 Å². The summed E-state index contributed by atoms with van der Waals surface area (Å²) in [6.07, 6.45) is 3.46. The maximum Gasteiger partial charge on any atom is 0.319 e. The molecule has 1 aromatic carbocycles. The van der Waals surface area contributed by atoms with E-state index in [1.54, 1.807) is 18.3 Å². The number of carbonyl (C=O) groups is 1. The van der Waals surface area contributed by atoms with Crippen molar-refractivity contribution in [2.45, 2.75) is 19.8 Å². The van der Waals surface area contributed by atoms with Crippen molar-refractivity contribution in [1.29, 1.82) is 0 Å². The summed E-state index contributed by atoms with van der Waals surface area (Å²) >= 11 is 0.